The van der Waals surface area contributed by atoms with Crippen molar-refractivity contribution in [3.63, 3.8) is 0 Å². The number of carbonyl (C=O) groups is 2. The lowest BCUT2D eigenvalue weighted by Crippen LogP contribution is -2.47. The number of carbonyl (C=O) groups excluding carboxylic acids is 2. The van der Waals surface area contributed by atoms with E-state index in [1.807, 2.05) is 32.2 Å². The minimum atomic E-state index is -0.448. The smallest absolute Gasteiger partial charge is 0.323 e. The van der Waals surface area contributed by atoms with Crippen molar-refractivity contribution in [1.29, 1.82) is 0 Å². The maximum Gasteiger partial charge on any atom is 0.323 e. The highest BCUT2D eigenvalue weighted by Crippen LogP contribution is 2.35. The summed E-state index contributed by atoms with van der Waals surface area (Å²) in [6.45, 7) is 5.79. The first-order chi connectivity index (χ1) is 21.7. The first-order valence-corrected chi connectivity index (χ1v) is 15.0. The van der Waals surface area contributed by atoms with Gasteiger partial charge in [0.15, 0.2) is 23.0 Å². The molecule has 0 spiro atoms. The van der Waals surface area contributed by atoms with Gasteiger partial charge in [-0.3, -0.25) is 9.69 Å². The number of likely N-dealkylation sites (N-methyl/N-ethyl adjacent to an activating group) is 1. The summed E-state index contributed by atoms with van der Waals surface area (Å²) in [4.78, 5) is 30.3. The molecule has 3 heterocycles. The van der Waals surface area contributed by atoms with Gasteiger partial charge in [0.05, 0.1) is 19.1 Å². The van der Waals surface area contributed by atoms with Gasteiger partial charge in [0, 0.05) is 48.6 Å². The molecule has 6 rings (SSSR count). The summed E-state index contributed by atoms with van der Waals surface area (Å²) in [5.41, 5.74) is 2.79. The molecule has 3 aromatic rings. The second-order valence-corrected chi connectivity index (χ2v) is 11.7. The number of anilines is 2. The Hall–Kier alpha value is -4.68. The van der Waals surface area contributed by atoms with Crippen molar-refractivity contribution in [2.24, 2.45) is 5.92 Å². The number of hydrogen-bond acceptors (Lipinski definition) is 9. The number of aliphatic hydroxyl groups excluding tert-OH is 1. The van der Waals surface area contributed by atoms with E-state index >= 15 is 0 Å². The predicted octanol–water partition coefficient (Wildman–Crippen LogP) is 4.07. The van der Waals surface area contributed by atoms with Crippen molar-refractivity contribution in [2.75, 3.05) is 51.0 Å². The maximum absolute atomic E-state index is 13.6. The summed E-state index contributed by atoms with van der Waals surface area (Å²) in [6, 6.07) is 15.6. The number of hydrogen-bond donors (Lipinski definition) is 3. The second kappa shape index (κ2) is 13.1. The molecule has 0 aliphatic carbocycles. The predicted molar refractivity (Wildman–Crippen MR) is 166 cm³/mol. The van der Waals surface area contributed by atoms with Gasteiger partial charge >= 0.3 is 6.03 Å². The molecule has 3 N–H and O–H groups in total. The Morgan fingerprint density at radius 1 is 0.933 bits per heavy atom. The van der Waals surface area contributed by atoms with Crippen LogP contribution in [0.5, 0.6) is 28.7 Å². The van der Waals surface area contributed by atoms with Gasteiger partial charge < -0.3 is 44.3 Å². The normalized spacial score (nSPS) is 19.2. The van der Waals surface area contributed by atoms with E-state index < -0.39 is 6.03 Å². The third-order valence-electron chi connectivity index (χ3n) is 8.19. The number of fused-ring (bicyclic) bond motifs is 3. The number of nitrogens with one attached hydrogen (secondary N) is 2. The van der Waals surface area contributed by atoms with Crippen molar-refractivity contribution < 1.29 is 38.4 Å². The first-order valence-electron chi connectivity index (χ1n) is 15.0. The molecule has 0 radical (unpaired) electrons. The molecule has 238 valence electrons. The fraction of sp³-hybridized carbons (Fsp3) is 0.394. The number of urea groups is 1. The van der Waals surface area contributed by atoms with Crippen LogP contribution in [-0.4, -0.2) is 79.3 Å². The van der Waals surface area contributed by atoms with Gasteiger partial charge in [-0.1, -0.05) is 13.0 Å². The van der Waals surface area contributed by atoms with E-state index in [4.69, 9.17) is 23.7 Å². The Morgan fingerprint density at radius 2 is 1.56 bits per heavy atom. The molecule has 0 aromatic heterocycles. The summed E-state index contributed by atoms with van der Waals surface area (Å²) in [6.07, 6.45) is -0.207. The summed E-state index contributed by atoms with van der Waals surface area (Å²) < 4.78 is 28.3. The van der Waals surface area contributed by atoms with Crippen LogP contribution in [0.25, 0.3) is 0 Å². The zero-order valence-corrected chi connectivity index (χ0v) is 25.6. The molecule has 12 nitrogen and oxygen atoms in total. The molecule has 3 amide bonds. The monoisotopic (exact) mass is 618 g/mol. The zero-order chi connectivity index (χ0) is 31.5. The Morgan fingerprint density at radius 3 is 2.27 bits per heavy atom. The summed E-state index contributed by atoms with van der Waals surface area (Å²) >= 11 is 0. The van der Waals surface area contributed by atoms with Crippen molar-refractivity contribution in [3.05, 3.63) is 65.7 Å². The number of ether oxygens (including phenoxy) is 5. The van der Waals surface area contributed by atoms with Crippen LogP contribution in [0.3, 0.4) is 0 Å². The van der Waals surface area contributed by atoms with Gasteiger partial charge in [0.1, 0.15) is 11.9 Å². The standard InChI is InChI=1S/C33H38N4O8/c1-20-14-37(21(2)17-38)32(39)12-23-11-24(34-33(40)35-25-6-9-28-30(13-25)44-19-42-28)5-8-26(23)45-31(20)16-36(3)15-22-4-7-27-29(10-22)43-18-41-27/h4-11,13,20-21,31,38H,12,14-19H2,1-3H3,(H2,34,35,40)/t20-,21+,31-/m1/s1. The topological polar surface area (TPSA) is 131 Å². The Kier molecular flexibility index (Phi) is 8.85. The molecular formula is C33H38N4O8. The number of rotatable bonds is 8. The van der Waals surface area contributed by atoms with E-state index in [1.165, 1.54) is 0 Å². The molecule has 0 saturated carbocycles. The van der Waals surface area contributed by atoms with Gasteiger partial charge in [-0.25, -0.2) is 4.79 Å². The third-order valence-corrected chi connectivity index (χ3v) is 8.19. The number of benzene rings is 3. The molecule has 3 aromatic carbocycles. The second-order valence-electron chi connectivity index (χ2n) is 11.7. The molecule has 0 fully saturated rings. The van der Waals surface area contributed by atoms with Gasteiger partial charge in [-0.05, 0) is 62.0 Å². The molecule has 0 unspecified atom stereocenters. The molecule has 12 heteroatoms. The SMILES string of the molecule is C[C@@H]1CN([C@@H](C)CO)C(=O)Cc2cc(NC(=O)Nc3ccc4c(c3)OCO4)ccc2O[C@@H]1CN(C)Cc1ccc2c(c1)OCO2. The van der Waals surface area contributed by atoms with Crippen LogP contribution in [0.1, 0.15) is 25.0 Å². The van der Waals surface area contributed by atoms with E-state index in [9.17, 15) is 14.7 Å². The molecule has 3 atom stereocenters. The molecule has 3 aliphatic heterocycles. The highest BCUT2D eigenvalue weighted by molar-refractivity contribution is 6.00. The highest BCUT2D eigenvalue weighted by atomic mass is 16.7. The van der Waals surface area contributed by atoms with Gasteiger partial charge in [0.25, 0.3) is 0 Å². The van der Waals surface area contributed by atoms with Crippen LogP contribution in [0.15, 0.2) is 54.6 Å². The van der Waals surface area contributed by atoms with Gasteiger partial charge in [-0.15, -0.1) is 0 Å². The molecule has 3 aliphatic rings. The van der Waals surface area contributed by atoms with Gasteiger partial charge in [0.2, 0.25) is 19.5 Å². The largest absolute Gasteiger partial charge is 0.488 e. The minimum Gasteiger partial charge on any atom is -0.488 e. The lowest BCUT2D eigenvalue weighted by atomic mass is 10.0. The Balaban J connectivity index is 1.19. The van der Waals surface area contributed by atoms with Crippen molar-refractivity contribution >= 4 is 23.3 Å². The Labute approximate surface area is 261 Å². The van der Waals surface area contributed by atoms with E-state index in [1.54, 1.807) is 41.3 Å². The van der Waals surface area contributed by atoms with E-state index in [-0.39, 0.29) is 50.6 Å². The minimum absolute atomic E-state index is 0.0432. The number of nitrogens with zero attached hydrogens (tertiary/aromatic N) is 2. The molecular weight excluding hydrogens is 580 g/mol. The van der Waals surface area contributed by atoms with Crippen LogP contribution < -0.4 is 34.3 Å². The average molecular weight is 619 g/mol. The van der Waals surface area contributed by atoms with Crippen molar-refractivity contribution in [3.8, 4) is 28.7 Å². The van der Waals surface area contributed by atoms with Crippen LogP contribution in [0.2, 0.25) is 0 Å². The summed E-state index contributed by atoms with van der Waals surface area (Å²) in [7, 11) is 2.03. The number of aliphatic hydroxyl groups is 1. The maximum atomic E-state index is 13.6. The first kappa shape index (κ1) is 30.4. The third kappa shape index (κ3) is 7.02. The molecule has 0 saturated heterocycles. The lowest BCUT2D eigenvalue weighted by Gasteiger charge is -2.34. The van der Waals surface area contributed by atoms with Crippen LogP contribution in [-0.2, 0) is 17.8 Å². The van der Waals surface area contributed by atoms with Crippen LogP contribution in [0.4, 0.5) is 16.2 Å². The van der Waals surface area contributed by atoms with Crippen molar-refractivity contribution in [2.45, 2.75) is 39.0 Å². The molecule has 0 bridgehead atoms. The zero-order valence-electron chi connectivity index (χ0n) is 25.6. The average Bonchev–Trinajstić information content (AvgIpc) is 3.69. The summed E-state index contributed by atoms with van der Waals surface area (Å²) in [5.74, 6) is 3.09. The lowest BCUT2D eigenvalue weighted by molar-refractivity contribution is -0.134. The van der Waals surface area contributed by atoms with Crippen LogP contribution >= 0.6 is 0 Å². The fourth-order valence-corrected chi connectivity index (χ4v) is 5.72. The highest BCUT2D eigenvalue weighted by Gasteiger charge is 2.31. The van der Waals surface area contributed by atoms with Crippen molar-refractivity contribution in [1.82, 2.24) is 9.80 Å². The fourth-order valence-electron chi connectivity index (χ4n) is 5.72. The Bertz CT molecular complexity index is 1570. The van der Waals surface area contributed by atoms with E-state index in [0.717, 1.165) is 17.1 Å². The van der Waals surface area contributed by atoms with Gasteiger partial charge in [-0.2, -0.15) is 0 Å². The van der Waals surface area contributed by atoms with E-state index in [0.29, 0.717) is 53.8 Å². The number of amides is 3. The summed E-state index contributed by atoms with van der Waals surface area (Å²) in [5, 5.41) is 15.6. The quantitative estimate of drug-likeness (QED) is 0.342. The molecule has 45 heavy (non-hydrogen) atoms. The van der Waals surface area contributed by atoms with Crippen LogP contribution in [0, 0.1) is 5.92 Å². The van der Waals surface area contributed by atoms with E-state index in [2.05, 4.69) is 22.5 Å².